The third-order valence-electron chi connectivity index (χ3n) is 13.1. The van der Waals surface area contributed by atoms with E-state index in [-0.39, 0.29) is 0 Å². The molecule has 4 aliphatic carbocycles. The van der Waals surface area contributed by atoms with Crippen LogP contribution in [0.5, 0.6) is 0 Å². The van der Waals surface area contributed by atoms with Gasteiger partial charge in [-0.25, -0.2) is 0 Å². The average molecular weight is 548 g/mol. The van der Waals surface area contributed by atoms with E-state index < -0.39 is 0 Å². The smallest absolute Gasteiger partial charge is 0.0541 e. The first-order valence-corrected chi connectivity index (χ1v) is 17.2. The Hall–Kier alpha value is -1.19. The first-order valence-electron chi connectivity index (χ1n) is 17.2. The Kier molecular flexibility index (Phi) is 9.83. The summed E-state index contributed by atoms with van der Waals surface area (Å²) in [5.41, 5.74) is 3.67. The molecule has 4 saturated carbocycles. The molecule has 0 saturated heterocycles. The van der Waals surface area contributed by atoms with E-state index in [1.54, 1.807) is 0 Å². The van der Waals surface area contributed by atoms with Gasteiger partial charge in [0.05, 0.1) is 5.69 Å². The molecule has 1 heterocycles. The Morgan fingerprint density at radius 2 is 1.80 bits per heavy atom. The SMILES string of the molecule is C=C(C)CCC(C)C1CCC2C3C(CCC12C)C1(C)CC[C@@H](NCCCCNCc2ccccn2)CC1C[C@H]3C. The van der Waals surface area contributed by atoms with Crippen LogP contribution in [0, 0.1) is 52.3 Å². The third-order valence-corrected chi connectivity index (χ3v) is 13.1. The van der Waals surface area contributed by atoms with Gasteiger partial charge in [0, 0.05) is 18.8 Å². The minimum Gasteiger partial charge on any atom is -0.314 e. The van der Waals surface area contributed by atoms with Crippen LogP contribution >= 0.6 is 0 Å². The summed E-state index contributed by atoms with van der Waals surface area (Å²) >= 11 is 0. The molecular weight excluding hydrogens is 486 g/mol. The molecule has 1 aromatic rings. The number of hydrogen-bond acceptors (Lipinski definition) is 3. The van der Waals surface area contributed by atoms with Crippen LogP contribution in [0.2, 0.25) is 0 Å². The Labute approximate surface area is 247 Å². The molecule has 0 aromatic carbocycles. The number of nitrogens with zero attached hydrogens (tertiary/aromatic N) is 1. The zero-order chi connectivity index (χ0) is 28.3. The van der Waals surface area contributed by atoms with Crippen LogP contribution in [0.15, 0.2) is 36.5 Å². The number of unbranched alkanes of at least 4 members (excludes halogenated alkanes) is 1. The Bertz CT molecular complexity index is 959. The van der Waals surface area contributed by atoms with E-state index in [1.807, 2.05) is 12.3 Å². The van der Waals surface area contributed by atoms with E-state index in [1.165, 1.54) is 89.2 Å². The maximum absolute atomic E-state index is 4.41. The summed E-state index contributed by atoms with van der Waals surface area (Å²) in [7, 11) is 0. The van der Waals surface area contributed by atoms with E-state index >= 15 is 0 Å². The molecule has 0 aliphatic heterocycles. The van der Waals surface area contributed by atoms with E-state index in [9.17, 15) is 0 Å². The summed E-state index contributed by atoms with van der Waals surface area (Å²) in [6.07, 6.45) is 18.7. The van der Waals surface area contributed by atoms with E-state index in [2.05, 4.69) is 68.9 Å². The van der Waals surface area contributed by atoms with Gasteiger partial charge in [0.15, 0.2) is 0 Å². The molecule has 2 N–H and O–H groups in total. The average Bonchev–Trinajstić information content (AvgIpc) is 3.29. The zero-order valence-corrected chi connectivity index (χ0v) is 26.7. The van der Waals surface area contributed by atoms with Crippen molar-refractivity contribution in [2.24, 2.45) is 52.3 Å². The molecule has 4 aliphatic rings. The molecule has 40 heavy (non-hydrogen) atoms. The summed E-state index contributed by atoms with van der Waals surface area (Å²) in [6.45, 7) is 20.3. The maximum atomic E-state index is 4.41. The largest absolute Gasteiger partial charge is 0.314 e. The van der Waals surface area contributed by atoms with E-state index in [0.29, 0.717) is 10.8 Å². The summed E-state index contributed by atoms with van der Waals surface area (Å²) in [5.74, 6) is 6.52. The number of nitrogens with one attached hydrogen (secondary N) is 2. The van der Waals surface area contributed by atoms with Crippen LogP contribution in [0.3, 0.4) is 0 Å². The maximum Gasteiger partial charge on any atom is 0.0541 e. The van der Waals surface area contributed by atoms with E-state index in [0.717, 1.165) is 66.3 Å². The lowest BCUT2D eigenvalue weighted by atomic mass is 9.42. The highest BCUT2D eigenvalue weighted by molar-refractivity contribution is 5.11. The Balaban J connectivity index is 1.10. The van der Waals surface area contributed by atoms with Gasteiger partial charge >= 0.3 is 0 Å². The lowest BCUT2D eigenvalue weighted by Gasteiger charge is -2.63. The molecule has 224 valence electrons. The first kappa shape index (κ1) is 30.3. The fourth-order valence-corrected chi connectivity index (χ4v) is 10.9. The zero-order valence-electron chi connectivity index (χ0n) is 26.7. The molecule has 0 radical (unpaired) electrons. The van der Waals surface area contributed by atoms with Gasteiger partial charge in [-0.15, -0.1) is 6.58 Å². The minimum absolute atomic E-state index is 0.579. The number of fused-ring (bicyclic) bond motifs is 5. The predicted octanol–water partition coefficient (Wildman–Crippen LogP) is 8.81. The molecule has 3 heteroatoms. The van der Waals surface area contributed by atoms with Crippen LogP contribution in [-0.2, 0) is 6.54 Å². The van der Waals surface area contributed by atoms with Crippen molar-refractivity contribution < 1.29 is 0 Å². The van der Waals surface area contributed by atoms with Gasteiger partial charge in [0.1, 0.15) is 0 Å². The Morgan fingerprint density at radius 3 is 2.58 bits per heavy atom. The van der Waals surface area contributed by atoms with Crippen LogP contribution in [0.1, 0.15) is 117 Å². The second-order valence-corrected chi connectivity index (χ2v) is 15.5. The molecule has 3 nitrogen and oxygen atoms in total. The van der Waals surface area contributed by atoms with Crippen molar-refractivity contribution in [3.05, 3.63) is 42.2 Å². The normalized spacial score (nSPS) is 39.7. The number of aromatic nitrogens is 1. The summed E-state index contributed by atoms with van der Waals surface area (Å²) in [5, 5.41) is 7.56. The molecule has 4 fully saturated rings. The van der Waals surface area contributed by atoms with Crippen molar-refractivity contribution in [3.8, 4) is 0 Å². The topological polar surface area (TPSA) is 37.0 Å². The summed E-state index contributed by atoms with van der Waals surface area (Å²) in [6, 6.07) is 6.89. The lowest BCUT2D eigenvalue weighted by molar-refractivity contribution is -0.140. The summed E-state index contributed by atoms with van der Waals surface area (Å²) < 4.78 is 0. The molecule has 0 bridgehead atoms. The molecule has 0 spiro atoms. The predicted molar refractivity (Wildman–Crippen MR) is 170 cm³/mol. The third kappa shape index (κ3) is 6.26. The number of allylic oxidation sites excluding steroid dienone is 1. The van der Waals surface area contributed by atoms with Crippen molar-refractivity contribution >= 4 is 0 Å². The molecule has 0 amide bonds. The summed E-state index contributed by atoms with van der Waals surface area (Å²) in [4.78, 5) is 4.41. The number of pyridine rings is 1. The van der Waals surface area contributed by atoms with Gasteiger partial charge in [0.2, 0.25) is 0 Å². The molecule has 5 rings (SSSR count). The van der Waals surface area contributed by atoms with Crippen molar-refractivity contribution in [1.82, 2.24) is 15.6 Å². The number of hydrogen-bond donors (Lipinski definition) is 2. The van der Waals surface area contributed by atoms with Crippen LogP contribution < -0.4 is 10.6 Å². The van der Waals surface area contributed by atoms with Gasteiger partial charge in [-0.3, -0.25) is 4.98 Å². The highest BCUT2D eigenvalue weighted by atomic mass is 14.9. The van der Waals surface area contributed by atoms with Gasteiger partial charge in [0.25, 0.3) is 0 Å². The molecule has 10 atom stereocenters. The lowest BCUT2D eigenvalue weighted by Crippen LogP contribution is -2.57. The monoisotopic (exact) mass is 547 g/mol. The van der Waals surface area contributed by atoms with E-state index in [4.69, 9.17) is 0 Å². The highest BCUT2D eigenvalue weighted by Crippen LogP contribution is 2.69. The fraction of sp³-hybridized carbons (Fsp3) is 0.811. The Morgan fingerprint density at radius 1 is 1.02 bits per heavy atom. The number of rotatable bonds is 12. The highest BCUT2D eigenvalue weighted by Gasteiger charge is 2.62. The van der Waals surface area contributed by atoms with Crippen molar-refractivity contribution in [2.45, 2.75) is 124 Å². The van der Waals surface area contributed by atoms with Crippen molar-refractivity contribution in [1.29, 1.82) is 0 Å². The minimum atomic E-state index is 0.579. The van der Waals surface area contributed by atoms with Crippen LogP contribution in [0.25, 0.3) is 0 Å². The first-order chi connectivity index (χ1) is 19.2. The molecule has 8 unspecified atom stereocenters. The van der Waals surface area contributed by atoms with Gasteiger partial charge in [-0.2, -0.15) is 0 Å². The van der Waals surface area contributed by atoms with Crippen LogP contribution in [0.4, 0.5) is 0 Å². The van der Waals surface area contributed by atoms with Crippen LogP contribution in [-0.4, -0.2) is 24.1 Å². The standard InChI is InChI=1S/C37H61N3/c1-26(2)12-13-27(3)32-14-15-33-35-28(4)23-29-24-30(16-18-36(29,5)34(35)17-19-37(32,33)6)39-22-10-9-20-38-25-31-11-7-8-21-40-31/h7-8,11,21,27-30,32-35,38-39H,1,9-10,12-20,22-25H2,2-6H3/t27?,28-,29?,30-,32?,33?,34?,35?,36?,37?/m1/s1. The second-order valence-electron chi connectivity index (χ2n) is 15.5. The quantitative estimate of drug-likeness (QED) is 0.203. The van der Waals surface area contributed by atoms with Crippen molar-refractivity contribution in [3.63, 3.8) is 0 Å². The molecule has 1 aromatic heterocycles. The molecular formula is C37H61N3. The van der Waals surface area contributed by atoms with Gasteiger partial charge in [-0.05, 0) is 161 Å². The van der Waals surface area contributed by atoms with Gasteiger partial charge in [-0.1, -0.05) is 39.3 Å². The van der Waals surface area contributed by atoms with Crippen molar-refractivity contribution in [2.75, 3.05) is 13.1 Å². The fourth-order valence-electron chi connectivity index (χ4n) is 10.9. The van der Waals surface area contributed by atoms with Gasteiger partial charge < -0.3 is 10.6 Å². The second kappa shape index (κ2) is 13.0.